The van der Waals surface area contributed by atoms with E-state index in [1.807, 2.05) is 41.3 Å². The number of hydrogen-bond donors (Lipinski definition) is 0. The SMILES string of the molecule is CCCC1c2cc(Br)ccc2C(=O)N1Cc1ccc(OC)cc1. The van der Waals surface area contributed by atoms with Crippen LogP contribution in [0.4, 0.5) is 0 Å². The summed E-state index contributed by atoms with van der Waals surface area (Å²) >= 11 is 3.52. The van der Waals surface area contributed by atoms with Crippen molar-refractivity contribution in [2.45, 2.75) is 32.4 Å². The van der Waals surface area contributed by atoms with Gasteiger partial charge in [0.1, 0.15) is 5.75 Å². The predicted molar refractivity (Wildman–Crippen MR) is 94.7 cm³/mol. The number of fused-ring (bicyclic) bond motifs is 1. The maximum atomic E-state index is 12.8. The van der Waals surface area contributed by atoms with Crippen molar-refractivity contribution >= 4 is 21.8 Å². The maximum Gasteiger partial charge on any atom is 0.255 e. The van der Waals surface area contributed by atoms with E-state index in [1.165, 1.54) is 0 Å². The second-order valence-electron chi connectivity index (χ2n) is 5.82. The summed E-state index contributed by atoms with van der Waals surface area (Å²) in [6.07, 6.45) is 2.02. The molecule has 0 fully saturated rings. The van der Waals surface area contributed by atoms with Crippen LogP contribution in [0.3, 0.4) is 0 Å². The summed E-state index contributed by atoms with van der Waals surface area (Å²) in [5, 5.41) is 0. The summed E-state index contributed by atoms with van der Waals surface area (Å²) in [5.74, 6) is 0.959. The first-order chi connectivity index (χ1) is 11.1. The standard InChI is InChI=1S/C19H20BrNO2/c1-3-4-18-17-11-14(20)7-10-16(17)19(22)21(18)12-13-5-8-15(23-2)9-6-13/h5-11,18H,3-4,12H2,1-2H3. The Morgan fingerprint density at radius 3 is 2.57 bits per heavy atom. The number of hydrogen-bond acceptors (Lipinski definition) is 2. The first kappa shape index (κ1) is 16.1. The minimum Gasteiger partial charge on any atom is -0.497 e. The molecule has 120 valence electrons. The lowest BCUT2D eigenvalue weighted by Gasteiger charge is -2.25. The van der Waals surface area contributed by atoms with Gasteiger partial charge in [-0.1, -0.05) is 41.4 Å². The molecule has 1 aliphatic heterocycles. The molecule has 0 aromatic heterocycles. The van der Waals surface area contributed by atoms with Gasteiger partial charge in [-0.2, -0.15) is 0 Å². The van der Waals surface area contributed by atoms with Crippen LogP contribution in [0.1, 0.15) is 47.3 Å². The molecule has 2 aromatic rings. The van der Waals surface area contributed by atoms with E-state index in [2.05, 4.69) is 28.9 Å². The van der Waals surface area contributed by atoms with Crippen molar-refractivity contribution in [3.8, 4) is 5.75 Å². The van der Waals surface area contributed by atoms with Crippen molar-refractivity contribution in [1.82, 2.24) is 4.90 Å². The van der Waals surface area contributed by atoms with Crippen molar-refractivity contribution in [1.29, 1.82) is 0 Å². The van der Waals surface area contributed by atoms with E-state index in [-0.39, 0.29) is 11.9 Å². The van der Waals surface area contributed by atoms with Crippen molar-refractivity contribution in [2.75, 3.05) is 7.11 Å². The normalized spacial score (nSPS) is 16.6. The van der Waals surface area contributed by atoms with E-state index < -0.39 is 0 Å². The third-order valence-corrected chi connectivity index (χ3v) is 4.81. The van der Waals surface area contributed by atoms with Crippen molar-refractivity contribution < 1.29 is 9.53 Å². The number of nitrogens with zero attached hydrogens (tertiary/aromatic N) is 1. The van der Waals surface area contributed by atoms with Gasteiger partial charge >= 0.3 is 0 Å². The second-order valence-corrected chi connectivity index (χ2v) is 6.73. The van der Waals surface area contributed by atoms with Crippen LogP contribution in [-0.2, 0) is 6.54 Å². The number of carbonyl (C=O) groups is 1. The smallest absolute Gasteiger partial charge is 0.255 e. The van der Waals surface area contributed by atoms with E-state index in [0.717, 1.165) is 39.8 Å². The molecular weight excluding hydrogens is 354 g/mol. The molecule has 0 saturated heterocycles. The molecule has 0 N–H and O–H groups in total. The van der Waals surface area contributed by atoms with Gasteiger partial charge in [-0.3, -0.25) is 4.79 Å². The third kappa shape index (κ3) is 3.13. The quantitative estimate of drug-likeness (QED) is 0.741. The summed E-state index contributed by atoms with van der Waals surface area (Å²) in [5.41, 5.74) is 3.09. The zero-order valence-corrected chi connectivity index (χ0v) is 15.0. The Morgan fingerprint density at radius 2 is 1.91 bits per heavy atom. The fourth-order valence-electron chi connectivity index (χ4n) is 3.16. The monoisotopic (exact) mass is 373 g/mol. The highest BCUT2D eigenvalue weighted by Gasteiger charge is 2.35. The van der Waals surface area contributed by atoms with Gasteiger partial charge in [0.2, 0.25) is 0 Å². The number of methoxy groups -OCH3 is 1. The van der Waals surface area contributed by atoms with E-state index in [1.54, 1.807) is 7.11 Å². The van der Waals surface area contributed by atoms with Gasteiger partial charge in [-0.05, 0) is 47.9 Å². The molecule has 4 heteroatoms. The number of benzene rings is 2. The zero-order chi connectivity index (χ0) is 16.4. The number of amides is 1. The Kier molecular flexibility index (Phi) is 4.71. The van der Waals surface area contributed by atoms with Crippen LogP contribution in [0, 0.1) is 0 Å². The van der Waals surface area contributed by atoms with Gasteiger partial charge in [-0.15, -0.1) is 0 Å². The molecule has 3 rings (SSSR count). The van der Waals surface area contributed by atoms with E-state index in [4.69, 9.17) is 4.74 Å². The summed E-state index contributed by atoms with van der Waals surface area (Å²) in [6, 6.07) is 14.0. The molecule has 0 bridgehead atoms. The van der Waals surface area contributed by atoms with Gasteiger partial charge in [0.15, 0.2) is 0 Å². The lowest BCUT2D eigenvalue weighted by Crippen LogP contribution is -2.27. The van der Waals surface area contributed by atoms with E-state index in [0.29, 0.717) is 6.54 Å². The molecule has 0 spiro atoms. The number of ether oxygens (including phenoxy) is 1. The Balaban J connectivity index is 1.89. The van der Waals surface area contributed by atoms with Crippen LogP contribution in [-0.4, -0.2) is 17.9 Å². The molecule has 1 unspecified atom stereocenters. The third-order valence-electron chi connectivity index (χ3n) is 4.31. The summed E-state index contributed by atoms with van der Waals surface area (Å²) in [4.78, 5) is 14.8. The fraction of sp³-hybridized carbons (Fsp3) is 0.316. The van der Waals surface area contributed by atoms with Crippen LogP contribution in [0.25, 0.3) is 0 Å². The number of halogens is 1. The van der Waals surface area contributed by atoms with Gasteiger partial charge < -0.3 is 9.64 Å². The number of carbonyl (C=O) groups excluding carboxylic acids is 1. The Labute approximate surface area is 145 Å². The Morgan fingerprint density at radius 1 is 1.17 bits per heavy atom. The van der Waals surface area contributed by atoms with E-state index >= 15 is 0 Å². The summed E-state index contributed by atoms with van der Waals surface area (Å²) in [6.45, 7) is 2.78. The van der Waals surface area contributed by atoms with Gasteiger partial charge in [0.25, 0.3) is 5.91 Å². The number of rotatable bonds is 5. The molecule has 1 atom stereocenters. The van der Waals surface area contributed by atoms with Crippen LogP contribution in [0.5, 0.6) is 5.75 Å². The minimum absolute atomic E-state index is 0.127. The average Bonchev–Trinajstić information content (AvgIpc) is 2.81. The molecule has 0 saturated carbocycles. The minimum atomic E-state index is 0.127. The molecule has 1 amide bonds. The second kappa shape index (κ2) is 6.75. The molecule has 1 aliphatic rings. The lowest BCUT2D eigenvalue weighted by atomic mass is 10.0. The Bertz CT molecular complexity index is 712. The summed E-state index contributed by atoms with van der Waals surface area (Å²) < 4.78 is 6.22. The van der Waals surface area contributed by atoms with Crippen LogP contribution >= 0.6 is 15.9 Å². The van der Waals surface area contributed by atoms with Gasteiger partial charge in [0, 0.05) is 16.6 Å². The molecule has 2 aromatic carbocycles. The highest BCUT2D eigenvalue weighted by atomic mass is 79.9. The first-order valence-electron chi connectivity index (χ1n) is 7.87. The lowest BCUT2D eigenvalue weighted by molar-refractivity contribution is 0.0701. The fourth-order valence-corrected chi connectivity index (χ4v) is 3.54. The first-order valence-corrected chi connectivity index (χ1v) is 8.66. The maximum absolute atomic E-state index is 12.8. The molecule has 1 heterocycles. The molecular formula is C19H20BrNO2. The van der Waals surface area contributed by atoms with Gasteiger partial charge in [0.05, 0.1) is 13.2 Å². The molecule has 0 aliphatic carbocycles. The summed E-state index contributed by atoms with van der Waals surface area (Å²) in [7, 11) is 1.66. The largest absolute Gasteiger partial charge is 0.497 e. The average molecular weight is 374 g/mol. The highest BCUT2D eigenvalue weighted by Crippen LogP contribution is 2.39. The van der Waals surface area contributed by atoms with Crippen molar-refractivity contribution in [3.05, 3.63) is 63.6 Å². The molecule has 0 radical (unpaired) electrons. The van der Waals surface area contributed by atoms with Crippen LogP contribution < -0.4 is 4.74 Å². The van der Waals surface area contributed by atoms with Gasteiger partial charge in [-0.25, -0.2) is 0 Å². The van der Waals surface area contributed by atoms with Crippen molar-refractivity contribution in [3.63, 3.8) is 0 Å². The van der Waals surface area contributed by atoms with E-state index in [9.17, 15) is 4.79 Å². The molecule has 23 heavy (non-hydrogen) atoms. The predicted octanol–water partition coefficient (Wildman–Crippen LogP) is 4.95. The highest BCUT2D eigenvalue weighted by molar-refractivity contribution is 9.10. The van der Waals surface area contributed by atoms with Crippen molar-refractivity contribution in [2.24, 2.45) is 0 Å². The topological polar surface area (TPSA) is 29.5 Å². The zero-order valence-electron chi connectivity index (χ0n) is 13.4. The van der Waals surface area contributed by atoms with Crippen LogP contribution in [0.2, 0.25) is 0 Å². The Hall–Kier alpha value is -1.81. The molecule has 3 nitrogen and oxygen atoms in total. The van der Waals surface area contributed by atoms with Crippen LogP contribution in [0.15, 0.2) is 46.9 Å².